The highest BCUT2D eigenvalue weighted by Gasteiger charge is 2.17. The highest BCUT2D eigenvalue weighted by molar-refractivity contribution is 9.10. The Morgan fingerprint density at radius 2 is 1.86 bits per heavy atom. The molecule has 1 aromatic heterocycles. The fraction of sp³-hybridized carbons (Fsp3) is 0.0769. The number of nitrogens with zero attached hydrogens (tertiary/aromatic N) is 1. The number of halogens is 1. The molecule has 0 bridgehead atoms. The van der Waals surface area contributed by atoms with Gasteiger partial charge in [0.25, 0.3) is 10.0 Å². The summed E-state index contributed by atoms with van der Waals surface area (Å²) < 4.78 is 26.5. The number of nitrogens with one attached hydrogen (secondary N) is 2. The Hall–Kier alpha value is -1.93. The molecule has 110 valence electrons. The number of carbonyl (C=O) groups excluding carboxylic acids is 1. The molecular formula is C13H12BrN3O3S. The number of hydrogen-bond acceptors (Lipinski definition) is 4. The van der Waals surface area contributed by atoms with Gasteiger partial charge in [-0.2, -0.15) is 0 Å². The van der Waals surface area contributed by atoms with Crippen molar-refractivity contribution in [2.75, 3.05) is 5.32 Å². The average Bonchev–Trinajstić information content (AvgIpc) is 2.38. The number of pyridine rings is 1. The van der Waals surface area contributed by atoms with Gasteiger partial charge < -0.3 is 5.32 Å². The van der Waals surface area contributed by atoms with Crippen molar-refractivity contribution in [1.82, 2.24) is 9.71 Å². The fourth-order valence-corrected chi connectivity index (χ4v) is 2.81. The fourth-order valence-electron chi connectivity index (χ4n) is 1.54. The minimum Gasteiger partial charge on any atom is -0.307 e. The quantitative estimate of drug-likeness (QED) is 0.814. The molecule has 2 amide bonds. The second-order valence-corrected chi connectivity index (χ2v) is 6.73. The molecule has 0 aliphatic carbocycles. The van der Waals surface area contributed by atoms with E-state index >= 15 is 0 Å². The lowest BCUT2D eigenvalue weighted by Crippen LogP contribution is -2.34. The highest BCUT2D eigenvalue weighted by atomic mass is 79.9. The first-order chi connectivity index (χ1) is 9.87. The van der Waals surface area contributed by atoms with Crippen molar-refractivity contribution in [3.05, 3.63) is 52.8 Å². The van der Waals surface area contributed by atoms with E-state index < -0.39 is 16.1 Å². The minimum absolute atomic E-state index is 0.0270. The summed E-state index contributed by atoms with van der Waals surface area (Å²) in [5.74, 6) is 0. The van der Waals surface area contributed by atoms with Crippen molar-refractivity contribution < 1.29 is 13.2 Å². The predicted molar refractivity (Wildman–Crippen MR) is 82.5 cm³/mol. The molecule has 0 saturated carbocycles. The normalized spacial score (nSPS) is 11.0. The zero-order valence-electron chi connectivity index (χ0n) is 11.0. The van der Waals surface area contributed by atoms with Gasteiger partial charge in [0.15, 0.2) is 0 Å². The summed E-state index contributed by atoms with van der Waals surface area (Å²) in [7, 11) is -3.90. The molecule has 1 heterocycles. The van der Waals surface area contributed by atoms with Gasteiger partial charge in [0, 0.05) is 11.9 Å². The van der Waals surface area contributed by atoms with Crippen molar-refractivity contribution in [2.24, 2.45) is 0 Å². The van der Waals surface area contributed by atoms with Crippen LogP contribution in [0, 0.1) is 6.92 Å². The number of carbonyl (C=O) groups is 1. The van der Waals surface area contributed by atoms with E-state index in [9.17, 15) is 13.2 Å². The van der Waals surface area contributed by atoms with E-state index in [4.69, 9.17) is 0 Å². The first-order valence-electron chi connectivity index (χ1n) is 5.89. The third kappa shape index (κ3) is 4.27. The summed E-state index contributed by atoms with van der Waals surface area (Å²) in [5, 5.41) is 2.42. The first-order valence-corrected chi connectivity index (χ1v) is 8.16. The molecule has 0 fully saturated rings. The summed E-state index contributed by atoms with van der Waals surface area (Å²) in [4.78, 5) is 15.7. The number of anilines is 1. The van der Waals surface area contributed by atoms with Crippen LogP contribution < -0.4 is 10.0 Å². The number of urea groups is 1. The van der Waals surface area contributed by atoms with Crippen LogP contribution in [-0.2, 0) is 10.0 Å². The van der Waals surface area contributed by atoms with E-state index in [0.29, 0.717) is 10.3 Å². The van der Waals surface area contributed by atoms with Crippen LogP contribution in [0.5, 0.6) is 0 Å². The summed E-state index contributed by atoms with van der Waals surface area (Å²) in [6.07, 6.45) is 1.48. The lowest BCUT2D eigenvalue weighted by molar-refractivity contribution is 0.256. The molecule has 8 heteroatoms. The number of benzene rings is 1. The van der Waals surface area contributed by atoms with Crippen LogP contribution in [0.25, 0.3) is 0 Å². The van der Waals surface area contributed by atoms with Crippen molar-refractivity contribution >= 4 is 37.7 Å². The van der Waals surface area contributed by atoms with E-state index in [1.165, 1.54) is 18.3 Å². The van der Waals surface area contributed by atoms with Crippen molar-refractivity contribution in [3.8, 4) is 0 Å². The predicted octanol–water partition coefficient (Wildman–Crippen LogP) is 2.66. The van der Waals surface area contributed by atoms with Gasteiger partial charge in [0.1, 0.15) is 4.60 Å². The van der Waals surface area contributed by atoms with Crippen LogP contribution in [-0.4, -0.2) is 19.4 Å². The Balaban J connectivity index is 2.09. The molecule has 0 aliphatic heterocycles. The molecule has 0 spiro atoms. The maximum Gasteiger partial charge on any atom is 0.333 e. The highest BCUT2D eigenvalue weighted by Crippen LogP contribution is 2.13. The van der Waals surface area contributed by atoms with Gasteiger partial charge >= 0.3 is 6.03 Å². The standard InChI is InChI=1S/C13H12BrN3O3S/c1-9-2-4-11(5-3-9)21(19,20)17-13(18)16-10-6-7-15-12(14)8-10/h2-8H,1H3,(H2,15,16,17,18). The second kappa shape index (κ2) is 6.23. The zero-order valence-corrected chi connectivity index (χ0v) is 13.4. The average molecular weight is 370 g/mol. The lowest BCUT2D eigenvalue weighted by atomic mass is 10.2. The molecule has 0 aliphatic rings. The van der Waals surface area contributed by atoms with Gasteiger partial charge in [0.2, 0.25) is 0 Å². The smallest absolute Gasteiger partial charge is 0.307 e. The Morgan fingerprint density at radius 3 is 2.48 bits per heavy atom. The van der Waals surface area contributed by atoms with E-state index in [2.05, 4.69) is 26.2 Å². The molecule has 2 N–H and O–H groups in total. The van der Waals surface area contributed by atoms with Crippen LogP contribution in [0.3, 0.4) is 0 Å². The van der Waals surface area contributed by atoms with Crippen molar-refractivity contribution in [3.63, 3.8) is 0 Å². The van der Waals surface area contributed by atoms with Crippen molar-refractivity contribution in [2.45, 2.75) is 11.8 Å². The minimum atomic E-state index is -3.90. The Bertz CT molecular complexity index is 760. The third-order valence-electron chi connectivity index (χ3n) is 2.54. The van der Waals surface area contributed by atoms with Crippen LogP contribution >= 0.6 is 15.9 Å². The Labute approximate surface area is 130 Å². The molecule has 2 aromatic rings. The van der Waals surface area contributed by atoms with Crippen molar-refractivity contribution in [1.29, 1.82) is 0 Å². The van der Waals surface area contributed by atoms with E-state index in [1.54, 1.807) is 24.3 Å². The van der Waals surface area contributed by atoms with Crippen LogP contribution in [0.15, 0.2) is 52.1 Å². The van der Waals surface area contributed by atoms with Crippen LogP contribution in [0.4, 0.5) is 10.5 Å². The molecule has 0 radical (unpaired) electrons. The molecular weight excluding hydrogens is 358 g/mol. The van der Waals surface area contributed by atoms with Gasteiger partial charge in [-0.15, -0.1) is 0 Å². The maximum atomic E-state index is 12.0. The third-order valence-corrected chi connectivity index (χ3v) is 4.32. The Morgan fingerprint density at radius 1 is 1.19 bits per heavy atom. The molecule has 0 unspecified atom stereocenters. The molecule has 2 rings (SSSR count). The van der Waals surface area contributed by atoms with Gasteiger partial charge in [-0.3, -0.25) is 0 Å². The molecule has 21 heavy (non-hydrogen) atoms. The molecule has 0 saturated heterocycles. The second-order valence-electron chi connectivity index (χ2n) is 4.24. The SMILES string of the molecule is Cc1ccc(S(=O)(=O)NC(=O)Nc2ccnc(Br)c2)cc1. The first kappa shape index (κ1) is 15.5. The number of hydrogen-bond donors (Lipinski definition) is 2. The number of aryl methyl sites for hydroxylation is 1. The lowest BCUT2D eigenvalue weighted by Gasteiger charge is -2.09. The van der Waals surface area contributed by atoms with Crippen LogP contribution in [0.2, 0.25) is 0 Å². The summed E-state index contributed by atoms with van der Waals surface area (Å²) in [6.45, 7) is 1.85. The van der Waals surface area contributed by atoms with E-state index in [-0.39, 0.29) is 4.90 Å². The summed E-state index contributed by atoms with van der Waals surface area (Å²) >= 11 is 3.16. The van der Waals surface area contributed by atoms with E-state index in [0.717, 1.165) is 5.56 Å². The van der Waals surface area contributed by atoms with Gasteiger partial charge in [-0.05, 0) is 47.1 Å². The van der Waals surface area contributed by atoms with Crippen LogP contribution in [0.1, 0.15) is 5.56 Å². The number of rotatable bonds is 3. The number of sulfonamides is 1. The largest absolute Gasteiger partial charge is 0.333 e. The molecule has 0 atom stereocenters. The molecule has 6 nitrogen and oxygen atoms in total. The number of amides is 2. The van der Waals surface area contributed by atoms with E-state index in [1.807, 2.05) is 11.6 Å². The summed E-state index contributed by atoms with van der Waals surface area (Å²) in [6, 6.07) is 8.45. The Kier molecular flexibility index (Phi) is 4.59. The van der Waals surface area contributed by atoms with Gasteiger partial charge in [0.05, 0.1) is 4.90 Å². The zero-order chi connectivity index (χ0) is 15.5. The maximum absolute atomic E-state index is 12.0. The van der Waals surface area contributed by atoms with Gasteiger partial charge in [-0.25, -0.2) is 22.9 Å². The van der Waals surface area contributed by atoms with Gasteiger partial charge in [-0.1, -0.05) is 17.7 Å². The molecule has 1 aromatic carbocycles. The number of aromatic nitrogens is 1. The topological polar surface area (TPSA) is 88.2 Å². The monoisotopic (exact) mass is 369 g/mol. The summed E-state index contributed by atoms with van der Waals surface area (Å²) in [5.41, 5.74) is 1.36.